The molecule has 0 saturated heterocycles. The van der Waals surface area contributed by atoms with Crippen molar-refractivity contribution >= 4 is 34.9 Å². The second-order valence-electron chi connectivity index (χ2n) is 5.93. The van der Waals surface area contributed by atoms with Crippen molar-refractivity contribution in [3.63, 3.8) is 0 Å². The van der Waals surface area contributed by atoms with E-state index in [-0.39, 0.29) is 17.3 Å². The maximum absolute atomic E-state index is 12.2. The van der Waals surface area contributed by atoms with Crippen LogP contribution in [0.1, 0.15) is 41.5 Å². The number of carbonyl (C=O) groups is 4. The van der Waals surface area contributed by atoms with Gasteiger partial charge in [-0.25, -0.2) is 4.79 Å². The molecule has 0 aliphatic rings. The third kappa shape index (κ3) is 5.78. The van der Waals surface area contributed by atoms with Crippen LogP contribution in [0, 0.1) is 0 Å². The number of hydrogen-bond donors (Lipinski definition) is 2. The Hall–Kier alpha value is -3.48. The largest absolute Gasteiger partial charge is 0.449 e. The molecule has 2 aromatic rings. The molecular weight excluding hydrogens is 348 g/mol. The first-order chi connectivity index (χ1) is 12.8. The van der Waals surface area contributed by atoms with Gasteiger partial charge in [0, 0.05) is 23.9 Å². The molecule has 0 unspecified atom stereocenters. The first-order valence-electron chi connectivity index (χ1n) is 8.27. The normalized spacial score (nSPS) is 11.2. The number of amides is 2. The number of anilines is 2. The highest BCUT2D eigenvalue weighted by atomic mass is 16.5. The van der Waals surface area contributed by atoms with Crippen LogP contribution in [0.4, 0.5) is 11.4 Å². The fraction of sp³-hybridized carbons (Fsp3) is 0.200. The summed E-state index contributed by atoms with van der Waals surface area (Å²) < 4.78 is 5.17. The van der Waals surface area contributed by atoms with Crippen LogP contribution in [0.2, 0.25) is 0 Å². The molecule has 0 fully saturated rings. The summed E-state index contributed by atoms with van der Waals surface area (Å²) in [6.45, 7) is 4.27. The number of carbonyl (C=O) groups excluding carboxylic acids is 4. The van der Waals surface area contributed by atoms with Gasteiger partial charge in [-0.05, 0) is 56.3 Å². The number of ether oxygens (including phenoxy) is 1. The van der Waals surface area contributed by atoms with E-state index in [1.54, 1.807) is 36.4 Å². The molecule has 0 bridgehead atoms. The SMILES string of the molecule is CC(=O)Nc1cccc(C(=O)O[C@H](C)C(=O)Nc2ccc(C(C)=O)cc2)c1. The van der Waals surface area contributed by atoms with E-state index in [0.29, 0.717) is 16.9 Å². The van der Waals surface area contributed by atoms with Crippen molar-refractivity contribution in [3.05, 3.63) is 59.7 Å². The highest BCUT2D eigenvalue weighted by Gasteiger charge is 2.19. The lowest BCUT2D eigenvalue weighted by molar-refractivity contribution is -0.123. The van der Waals surface area contributed by atoms with Crippen molar-refractivity contribution in [2.45, 2.75) is 26.9 Å². The number of nitrogens with one attached hydrogen (secondary N) is 2. The first-order valence-corrected chi connectivity index (χ1v) is 8.27. The molecule has 0 spiro atoms. The Bertz CT molecular complexity index is 874. The van der Waals surface area contributed by atoms with E-state index < -0.39 is 18.0 Å². The second kappa shape index (κ2) is 8.75. The molecular formula is C20H20N2O5. The lowest BCUT2D eigenvalue weighted by Crippen LogP contribution is -2.30. The molecule has 0 heterocycles. The molecule has 1 atom stereocenters. The summed E-state index contributed by atoms with van der Waals surface area (Å²) in [5, 5.41) is 5.19. The quantitative estimate of drug-likeness (QED) is 0.603. The fourth-order valence-corrected chi connectivity index (χ4v) is 2.24. The van der Waals surface area contributed by atoms with Crippen LogP contribution in [0.15, 0.2) is 48.5 Å². The standard InChI is InChI=1S/C20H20N2O5/c1-12(23)15-7-9-17(10-8-15)22-19(25)13(2)27-20(26)16-5-4-6-18(11-16)21-14(3)24/h4-11,13H,1-3H3,(H,21,24)(H,22,25)/t13-/m1/s1. The lowest BCUT2D eigenvalue weighted by Gasteiger charge is -2.14. The molecule has 0 radical (unpaired) electrons. The second-order valence-corrected chi connectivity index (χ2v) is 5.93. The molecule has 2 aromatic carbocycles. The third-order valence-electron chi connectivity index (χ3n) is 3.63. The first kappa shape index (κ1) is 19.8. The van der Waals surface area contributed by atoms with Crippen LogP contribution in [0.25, 0.3) is 0 Å². The zero-order valence-corrected chi connectivity index (χ0v) is 15.2. The van der Waals surface area contributed by atoms with Gasteiger partial charge in [0.1, 0.15) is 0 Å². The molecule has 7 heteroatoms. The number of Topliss-reactive ketones (excluding diaryl/α,β-unsaturated/α-hetero) is 1. The van der Waals surface area contributed by atoms with E-state index >= 15 is 0 Å². The number of esters is 1. The average molecular weight is 368 g/mol. The Morgan fingerprint density at radius 2 is 1.52 bits per heavy atom. The maximum atomic E-state index is 12.2. The third-order valence-corrected chi connectivity index (χ3v) is 3.63. The van der Waals surface area contributed by atoms with Crippen molar-refractivity contribution < 1.29 is 23.9 Å². The van der Waals surface area contributed by atoms with Crippen LogP contribution in [0.5, 0.6) is 0 Å². The van der Waals surface area contributed by atoms with Gasteiger partial charge >= 0.3 is 5.97 Å². The number of ketones is 1. The summed E-state index contributed by atoms with van der Waals surface area (Å²) in [5.74, 6) is -1.52. The van der Waals surface area contributed by atoms with Crippen molar-refractivity contribution in [1.29, 1.82) is 0 Å². The topological polar surface area (TPSA) is 102 Å². The zero-order chi connectivity index (χ0) is 20.0. The Labute approximate surface area is 156 Å². The average Bonchev–Trinajstić information content (AvgIpc) is 2.61. The molecule has 0 saturated carbocycles. The lowest BCUT2D eigenvalue weighted by atomic mass is 10.1. The van der Waals surface area contributed by atoms with Gasteiger partial charge in [0.05, 0.1) is 5.56 Å². The summed E-state index contributed by atoms with van der Waals surface area (Å²) in [4.78, 5) is 46.8. The van der Waals surface area contributed by atoms with E-state index in [4.69, 9.17) is 4.74 Å². The molecule has 2 amide bonds. The van der Waals surface area contributed by atoms with Crippen molar-refractivity contribution in [2.75, 3.05) is 10.6 Å². The van der Waals surface area contributed by atoms with Gasteiger partial charge in [0.25, 0.3) is 5.91 Å². The maximum Gasteiger partial charge on any atom is 0.338 e. The molecule has 7 nitrogen and oxygen atoms in total. The van der Waals surface area contributed by atoms with E-state index in [0.717, 1.165) is 0 Å². The predicted molar refractivity (Wildman–Crippen MR) is 101 cm³/mol. The number of rotatable bonds is 6. The van der Waals surface area contributed by atoms with E-state index in [2.05, 4.69) is 10.6 Å². The van der Waals surface area contributed by atoms with Gasteiger partial charge in [0.15, 0.2) is 11.9 Å². The molecule has 0 aromatic heterocycles. The van der Waals surface area contributed by atoms with Gasteiger partial charge in [0.2, 0.25) is 5.91 Å². The Morgan fingerprint density at radius 1 is 0.852 bits per heavy atom. The summed E-state index contributed by atoms with van der Waals surface area (Å²) >= 11 is 0. The molecule has 2 N–H and O–H groups in total. The Balaban J connectivity index is 1.98. The number of hydrogen-bond acceptors (Lipinski definition) is 5. The minimum atomic E-state index is -1.03. The fourth-order valence-electron chi connectivity index (χ4n) is 2.24. The van der Waals surface area contributed by atoms with Crippen molar-refractivity contribution in [3.8, 4) is 0 Å². The Morgan fingerprint density at radius 3 is 2.11 bits per heavy atom. The van der Waals surface area contributed by atoms with Gasteiger partial charge in [-0.15, -0.1) is 0 Å². The van der Waals surface area contributed by atoms with Gasteiger partial charge in [-0.3, -0.25) is 14.4 Å². The molecule has 27 heavy (non-hydrogen) atoms. The summed E-state index contributed by atoms with van der Waals surface area (Å²) in [5.41, 5.74) is 1.69. The van der Waals surface area contributed by atoms with Crippen LogP contribution in [0.3, 0.4) is 0 Å². The van der Waals surface area contributed by atoms with Crippen LogP contribution >= 0.6 is 0 Å². The van der Waals surface area contributed by atoms with E-state index in [1.165, 1.54) is 32.9 Å². The monoisotopic (exact) mass is 368 g/mol. The minimum absolute atomic E-state index is 0.0725. The highest BCUT2D eigenvalue weighted by molar-refractivity contribution is 5.99. The van der Waals surface area contributed by atoms with Crippen LogP contribution < -0.4 is 10.6 Å². The number of benzene rings is 2. The smallest absolute Gasteiger partial charge is 0.338 e. The summed E-state index contributed by atoms with van der Waals surface area (Å²) in [6, 6.07) is 12.6. The zero-order valence-electron chi connectivity index (χ0n) is 15.2. The molecule has 2 rings (SSSR count). The summed E-state index contributed by atoms with van der Waals surface area (Å²) in [7, 11) is 0. The van der Waals surface area contributed by atoms with Crippen molar-refractivity contribution in [2.24, 2.45) is 0 Å². The minimum Gasteiger partial charge on any atom is -0.449 e. The van der Waals surface area contributed by atoms with Crippen LogP contribution in [-0.2, 0) is 14.3 Å². The Kier molecular flexibility index (Phi) is 6.43. The van der Waals surface area contributed by atoms with Gasteiger partial charge in [-0.2, -0.15) is 0 Å². The van der Waals surface area contributed by atoms with E-state index in [1.807, 2.05) is 0 Å². The molecule has 0 aliphatic carbocycles. The van der Waals surface area contributed by atoms with Crippen molar-refractivity contribution in [1.82, 2.24) is 0 Å². The predicted octanol–water partition coefficient (Wildman–Crippen LogP) is 3.03. The molecule has 0 aliphatic heterocycles. The van der Waals surface area contributed by atoms with Gasteiger partial charge < -0.3 is 15.4 Å². The highest BCUT2D eigenvalue weighted by Crippen LogP contribution is 2.14. The van der Waals surface area contributed by atoms with Crippen LogP contribution in [-0.4, -0.2) is 29.7 Å². The van der Waals surface area contributed by atoms with Gasteiger partial charge in [-0.1, -0.05) is 6.07 Å². The molecule has 140 valence electrons. The van der Waals surface area contributed by atoms with E-state index in [9.17, 15) is 19.2 Å². The summed E-state index contributed by atoms with van der Waals surface area (Å²) in [6.07, 6.45) is -1.03.